The van der Waals surface area contributed by atoms with Gasteiger partial charge in [-0.05, 0) is 55.0 Å². The van der Waals surface area contributed by atoms with E-state index >= 15 is 0 Å². The zero-order valence-corrected chi connectivity index (χ0v) is 19.9. The molecule has 4 aromatic rings. The van der Waals surface area contributed by atoms with Gasteiger partial charge in [-0.3, -0.25) is 29.7 Å². The molecule has 4 rings (SSSR count). The summed E-state index contributed by atoms with van der Waals surface area (Å²) in [6, 6.07) is 23.8. The molecule has 1 atom stereocenters. The van der Waals surface area contributed by atoms with Crippen molar-refractivity contribution < 1.29 is 5.11 Å². The highest BCUT2D eigenvalue weighted by atomic mass is 16.3. The fourth-order valence-corrected chi connectivity index (χ4v) is 4.00. The number of nitrogens with zero attached hydrogens (tertiary/aromatic N) is 6. The summed E-state index contributed by atoms with van der Waals surface area (Å²) in [5, 5.41) is 11.0. The van der Waals surface area contributed by atoms with Gasteiger partial charge in [0.1, 0.15) is 0 Å². The van der Waals surface area contributed by atoms with E-state index in [1.165, 1.54) is 0 Å². The summed E-state index contributed by atoms with van der Waals surface area (Å²) in [6.45, 7) is 3.98. The summed E-state index contributed by atoms with van der Waals surface area (Å²) in [5.74, 6) is 0. The molecular weight excluding hydrogens is 436 g/mol. The number of hydrogen-bond acceptors (Lipinski definition) is 7. The number of rotatable bonds is 13. The SMILES string of the molecule is O[C@@H](CCN(Cc1ccccn1)Cc1ccccn1)CN(Cc1ccccn1)Cc1ccccn1. The lowest BCUT2D eigenvalue weighted by molar-refractivity contribution is 0.0827. The molecule has 0 spiro atoms. The lowest BCUT2D eigenvalue weighted by atomic mass is 10.2. The van der Waals surface area contributed by atoms with Gasteiger partial charge in [-0.2, -0.15) is 0 Å². The molecule has 0 fully saturated rings. The minimum absolute atomic E-state index is 0.489. The third kappa shape index (κ3) is 8.64. The van der Waals surface area contributed by atoms with Crippen LogP contribution in [0.1, 0.15) is 29.2 Å². The van der Waals surface area contributed by atoms with Gasteiger partial charge in [-0.15, -0.1) is 0 Å². The van der Waals surface area contributed by atoms with Gasteiger partial charge >= 0.3 is 0 Å². The van der Waals surface area contributed by atoms with Crippen molar-refractivity contribution in [3.63, 3.8) is 0 Å². The Balaban J connectivity index is 1.38. The van der Waals surface area contributed by atoms with Gasteiger partial charge in [-0.1, -0.05) is 24.3 Å². The number of hydrogen-bond donors (Lipinski definition) is 1. The molecular formula is C28H32N6O. The van der Waals surface area contributed by atoms with Crippen LogP contribution < -0.4 is 0 Å². The van der Waals surface area contributed by atoms with Gasteiger partial charge in [-0.25, -0.2) is 0 Å². The summed E-state index contributed by atoms with van der Waals surface area (Å²) in [4.78, 5) is 22.4. The summed E-state index contributed by atoms with van der Waals surface area (Å²) in [6.07, 6.45) is 7.39. The maximum absolute atomic E-state index is 11.0. The fraction of sp³-hybridized carbons (Fsp3) is 0.286. The summed E-state index contributed by atoms with van der Waals surface area (Å²) >= 11 is 0. The molecule has 0 aliphatic carbocycles. The van der Waals surface area contributed by atoms with E-state index in [0.717, 1.165) is 29.3 Å². The molecule has 0 radical (unpaired) electrons. The molecule has 0 bridgehead atoms. The van der Waals surface area contributed by atoms with E-state index in [4.69, 9.17) is 0 Å². The molecule has 0 aromatic carbocycles. The first kappa shape index (κ1) is 24.6. The zero-order valence-electron chi connectivity index (χ0n) is 19.9. The Labute approximate surface area is 207 Å². The smallest absolute Gasteiger partial charge is 0.0679 e. The number of pyridine rings is 4. The van der Waals surface area contributed by atoms with Crippen LogP contribution in [0.2, 0.25) is 0 Å². The Morgan fingerprint density at radius 3 is 1.26 bits per heavy atom. The van der Waals surface area contributed by atoms with E-state index in [1.807, 2.05) is 85.2 Å². The van der Waals surface area contributed by atoms with Crippen LogP contribution in [0.15, 0.2) is 97.6 Å². The van der Waals surface area contributed by atoms with Crippen LogP contribution in [-0.4, -0.2) is 54.0 Å². The summed E-state index contributed by atoms with van der Waals surface area (Å²) in [7, 11) is 0. The molecule has 35 heavy (non-hydrogen) atoms. The predicted octanol–water partition coefficient (Wildman–Crippen LogP) is 3.72. The maximum atomic E-state index is 11.0. The standard InChI is InChI=1S/C28H32N6O/c35-28(23-34(21-26-11-3-7-16-31-26)22-27-12-4-8-17-32-27)13-18-33(19-24-9-1-5-14-29-24)20-25-10-2-6-15-30-25/h1-12,14-17,28,35H,13,18-23H2/t28-/m0/s1. The van der Waals surface area contributed by atoms with Crippen LogP contribution in [0, 0.1) is 0 Å². The van der Waals surface area contributed by atoms with Crippen molar-refractivity contribution in [1.29, 1.82) is 0 Å². The molecule has 0 aliphatic heterocycles. The Morgan fingerprint density at radius 1 is 0.543 bits per heavy atom. The fourth-order valence-electron chi connectivity index (χ4n) is 4.00. The quantitative estimate of drug-likeness (QED) is 0.320. The van der Waals surface area contributed by atoms with Crippen LogP contribution in [0.5, 0.6) is 0 Å². The van der Waals surface area contributed by atoms with Crippen LogP contribution in [0.3, 0.4) is 0 Å². The van der Waals surface area contributed by atoms with Crippen LogP contribution >= 0.6 is 0 Å². The van der Waals surface area contributed by atoms with Crippen molar-refractivity contribution in [2.45, 2.75) is 38.7 Å². The highest BCUT2D eigenvalue weighted by Gasteiger charge is 2.17. The van der Waals surface area contributed by atoms with Crippen molar-refractivity contribution in [3.05, 3.63) is 120 Å². The van der Waals surface area contributed by atoms with Gasteiger partial charge in [0.05, 0.1) is 28.9 Å². The van der Waals surface area contributed by atoms with Crippen molar-refractivity contribution >= 4 is 0 Å². The molecule has 180 valence electrons. The second-order valence-electron chi connectivity index (χ2n) is 8.61. The van der Waals surface area contributed by atoms with E-state index in [9.17, 15) is 5.11 Å². The van der Waals surface area contributed by atoms with E-state index in [2.05, 4.69) is 29.7 Å². The minimum atomic E-state index is -0.489. The average molecular weight is 469 g/mol. The van der Waals surface area contributed by atoms with Crippen LogP contribution in [-0.2, 0) is 26.2 Å². The molecule has 0 saturated carbocycles. The molecule has 0 amide bonds. The monoisotopic (exact) mass is 468 g/mol. The second kappa shape index (κ2) is 13.4. The molecule has 0 aliphatic rings. The Kier molecular flexibility index (Phi) is 9.41. The van der Waals surface area contributed by atoms with Crippen LogP contribution in [0.25, 0.3) is 0 Å². The van der Waals surface area contributed by atoms with Gasteiger partial charge in [0, 0.05) is 64.1 Å². The van der Waals surface area contributed by atoms with Crippen LogP contribution in [0.4, 0.5) is 0 Å². The average Bonchev–Trinajstić information content (AvgIpc) is 2.90. The van der Waals surface area contributed by atoms with Gasteiger partial charge in [0.25, 0.3) is 0 Å². The molecule has 0 unspecified atom stereocenters. The number of aliphatic hydroxyl groups excluding tert-OH is 1. The van der Waals surface area contributed by atoms with Gasteiger partial charge in [0.15, 0.2) is 0 Å². The van der Waals surface area contributed by atoms with E-state index in [0.29, 0.717) is 39.1 Å². The lowest BCUT2D eigenvalue weighted by Gasteiger charge is -2.27. The summed E-state index contributed by atoms with van der Waals surface area (Å²) in [5.41, 5.74) is 3.96. The molecule has 7 heteroatoms. The molecule has 1 N–H and O–H groups in total. The molecule has 7 nitrogen and oxygen atoms in total. The Hall–Kier alpha value is -3.52. The normalized spacial score (nSPS) is 12.2. The highest BCUT2D eigenvalue weighted by molar-refractivity contribution is 5.07. The second-order valence-corrected chi connectivity index (χ2v) is 8.61. The molecule has 4 heterocycles. The molecule has 4 aromatic heterocycles. The first-order valence-corrected chi connectivity index (χ1v) is 12.0. The third-order valence-electron chi connectivity index (χ3n) is 5.69. The minimum Gasteiger partial charge on any atom is -0.392 e. The first-order valence-electron chi connectivity index (χ1n) is 12.0. The van der Waals surface area contributed by atoms with E-state index in [1.54, 1.807) is 12.4 Å². The lowest BCUT2D eigenvalue weighted by Crippen LogP contribution is -2.35. The summed E-state index contributed by atoms with van der Waals surface area (Å²) < 4.78 is 0. The topological polar surface area (TPSA) is 78.3 Å². The third-order valence-corrected chi connectivity index (χ3v) is 5.69. The maximum Gasteiger partial charge on any atom is 0.0679 e. The van der Waals surface area contributed by atoms with E-state index in [-0.39, 0.29) is 0 Å². The first-order chi connectivity index (χ1) is 17.2. The van der Waals surface area contributed by atoms with Crippen molar-refractivity contribution in [2.75, 3.05) is 13.1 Å². The van der Waals surface area contributed by atoms with Crippen molar-refractivity contribution in [1.82, 2.24) is 29.7 Å². The Morgan fingerprint density at radius 2 is 0.914 bits per heavy atom. The number of aliphatic hydroxyl groups is 1. The zero-order chi connectivity index (χ0) is 24.1. The van der Waals surface area contributed by atoms with Crippen molar-refractivity contribution in [2.24, 2.45) is 0 Å². The molecule has 0 saturated heterocycles. The Bertz CT molecular complexity index is 1020. The predicted molar refractivity (Wildman–Crippen MR) is 136 cm³/mol. The van der Waals surface area contributed by atoms with Gasteiger partial charge < -0.3 is 5.11 Å². The van der Waals surface area contributed by atoms with Gasteiger partial charge in [0.2, 0.25) is 0 Å². The largest absolute Gasteiger partial charge is 0.392 e. The number of aromatic nitrogens is 4. The van der Waals surface area contributed by atoms with E-state index < -0.39 is 6.10 Å². The van der Waals surface area contributed by atoms with Crippen molar-refractivity contribution in [3.8, 4) is 0 Å². The highest BCUT2D eigenvalue weighted by Crippen LogP contribution is 2.12.